The van der Waals surface area contributed by atoms with Crippen LogP contribution >= 0.6 is 0 Å². The topological polar surface area (TPSA) is 52.0 Å². The first-order chi connectivity index (χ1) is 7.33. The summed E-state index contributed by atoms with van der Waals surface area (Å²) in [7, 11) is 0. The van der Waals surface area contributed by atoms with Gasteiger partial charge in [0.15, 0.2) is 0 Å². The minimum atomic E-state index is 0.413. The first-order valence-electron chi connectivity index (χ1n) is 5.07. The Morgan fingerprint density at radius 3 is 2.53 bits per heavy atom. The third-order valence-electron chi connectivity index (χ3n) is 2.37. The number of oxazole rings is 1. The van der Waals surface area contributed by atoms with E-state index in [2.05, 4.69) is 24.0 Å². The Kier molecular flexibility index (Phi) is 2.83. The van der Waals surface area contributed by atoms with Crippen LogP contribution in [0, 0.1) is 0 Å². The molecule has 1 aromatic carbocycles. The second kappa shape index (κ2) is 4.28. The summed E-state index contributed by atoms with van der Waals surface area (Å²) in [6.07, 6.45) is 2.64. The summed E-state index contributed by atoms with van der Waals surface area (Å²) < 4.78 is 5.32. The summed E-state index contributed by atoms with van der Waals surface area (Å²) in [6, 6.07) is 8.21. The van der Waals surface area contributed by atoms with Crippen molar-refractivity contribution in [3.63, 3.8) is 0 Å². The summed E-state index contributed by atoms with van der Waals surface area (Å²) in [6.45, 7) is 2.54. The molecule has 15 heavy (non-hydrogen) atoms. The quantitative estimate of drug-likeness (QED) is 0.831. The molecule has 1 heterocycles. The third kappa shape index (κ3) is 2.07. The standard InChI is InChI=1S/C12H14N2O/c1-2-9-3-5-10(6-4-9)12-14-11(7-13)8-15-12/h3-6,8H,2,7,13H2,1H3. The molecule has 2 aromatic rings. The number of aryl methyl sites for hydroxylation is 1. The predicted octanol–water partition coefficient (Wildman–Crippen LogP) is 2.36. The van der Waals surface area contributed by atoms with Crippen LogP contribution in [0.4, 0.5) is 0 Å². The van der Waals surface area contributed by atoms with Crippen LogP contribution in [0.15, 0.2) is 34.9 Å². The molecule has 0 amide bonds. The highest BCUT2D eigenvalue weighted by molar-refractivity contribution is 5.53. The van der Waals surface area contributed by atoms with Crippen molar-refractivity contribution < 1.29 is 4.42 Å². The van der Waals surface area contributed by atoms with Gasteiger partial charge in [-0.05, 0) is 24.1 Å². The van der Waals surface area contributed by atoms with Crippen LogP contribution in [0.5, 0.6) is 0 Å². The molecule has 0 aliphatic rings. The normalized spacial score (nSPS) is 10.5. The van der Waals surface area contributed by atoms with E-state index >= 15 is 0 Å². The number of nitrogens with zero attached hydrogens (tertiary/aromatic N) is 1. The molecular formula is C12H14N2O. The van der Waals surface area contributed by atoms with Crippen molar-refractivity contribution >= 4 is 0 Å². The summed E-state index contributed by atoms with van der Waals surface area (Å²) in [5.74, 6) is 0.637. The molecule has 0 bridgehead atoms. The first-order valence-corrected chi connectivity index (χ1v) is 5.07. The van der Waals surface area contributed by atoms with Crippen LogP contribution in [-0.4, -0.2) is 4.98 Å². The summed E-state index contributed by atoms with van der Waals surface area (Å²) >= 11 is 0. The lowest BCUT2D eigenvalue weighted by Crippen LogP contribution is -1.95. The highest BCUT2D eigenvalue weighted by atomic mass is 16.3. The lowest BCUT2D eigenvalue weighted by atomic mass is 10.1. The van der Waals surface area contributed by atoms with E-state index in [9.17, 15) is 0 Å². The molecule has 3 heteroatoms. The van der Waals surface area contributed by atoms with E-state index in [0.29, 0.717) is 12.4 Å². The van der Waals surface area contributed by atoms with Crippen molar-refractivity contribution in [3.8, 4) is 11.5 Å². The molecule has 78 valence electrons. The van der Waals surface area contributed by atoms with Gasteiger partial charge in [-0.2, -0.15) is 0 Å². The summed E-state index contributed by atoms with van der Waals surface area (Å²) in [5.41, 5.74) is 8.55. The Labute approximate surface area is 88.9 Å². The number of benzene rings is 1. The maximum absolute atomic E-state index is 5.46. The van der Waals surface area contributed by atoms with Crippen molar-refractivity contribution in [3.05, 3.63) is 41.8 Å². The number of rotatable bonds is 3. The smallest absolute Gasteiger partial charge is 0.226 e. The van der Waals surface area contributed by atoms with Gasteiger partial charge in [0.1, 0.15) is 6.26 Å². The fourth-order valence-corrected chi connectivity index (χ4v) is 1.42. The molecule has 0 unspecified atom stereocenters. The third-order valence-corrected chi connectivity index (χ3v) is 2.37. The highest BCUT2D eigenvalue weighted by Gasteiger charge is 2.04. The van der Waals surface area contributed by atoms with Crippen LogP contribution in [0.25, 0.3) is 11.5 Å². The molecule has 0 aliphatic carbocycles. The fraction of sp³-hybridized carbons (Fsp3) is 0.250. The molecule has 3 nitrogen and oxygen atoms in total. The van der Waals surface area contributed by atoms with Gasteiger partial charge >= 0.3 is 0 Å². The number of nitrogens with two attached hydrogens (primary N) is 1. The van der Waals surface area contributed by atoms with Crippen molar-refractivity contribution in [1.82, 2.24) is 4.98 Å². The maximum Gasteiger partial charge on any atom is 0.226 e. The van der Waals surface area contributed by atoms with Crippen molar-refractivity contribution in [2.45, 2.75) is 19.9 Å². The van der Waals surface area contributed by atoms with E-state index < -0.39 is 0 Å². The Bertz CT molecular complexity index is 431. The molecule has 0 aliphatic heterocycles. The van der Waals surface area contributed by atoms with Crippen LogP contribution in [-0.2, 0) is 13.0 Å². The van der Waals surface area contributed by atoms with Crippen LogP contribution < -0.4 is 5.73 Å². The van der Waals surface area contributed by atoms with Crippen LogP contribution in [0.3, 0.4) is 0 Å². The molecule has 0 fully saturated rings. The second-order valence-corrected chi connectivity index (χ2v) is 3.40. The van der Waals surface area contributed by atoms with E-state index in [0.717, 1.165) is 17.7 Å². The molecule has 2 N–H and O–H groups in total. The zero-order valence-corrected chi connectivity index (χ0v) is 8.73. The van der Waals surface area contributed by atoms with Gasteiger partial charge in [-0.3, -0.25) is 0 Å². The van der Waals surface area contributed by atoms with Gasteiger partial charge in [0.25, 0.3) is 0 Å². The van der Waals surface area contributed by atoms with Crippen LogP contribution in [0.2, 0.25) is 0 Å². The zero-order valence-electron chi connectivity index (χ0n) is 8.73. The van der Waals surface area contributed by atoms with E-state index in [-0.39, 0.29) is 0 Å². The van der Waals surface area contributed by atoms with Crippen molar-refractivity contribution in [2.24, 2.45) is 5.73 Å². The van der Waals surface area contributed by atoms with Gasteiger partial charge in [0.2, 0.25) is 5.89 Å². The summed E-state index contributed by atoms with van der Waals surface area (Å²) in [5, 5.41) is 0. The van der Waals surface area contributed by atoms with Crippen molar-refractivity contribution in [1.29, 1.82) is 0 Å². The van der Waals surface area contributed by atoms with E-state index in [1.165, 1.54) is 5.56 Å². The number of aromatic nitrogens is 1. The van der Waals surface area contributed by atoms with Crippen LogP contribution in [0.1, 0.15) is 18.2 Å². The predicted molar refractivity (Wildman–Crippen MR) is 59.2 cm³/mol. The summed E-state index contributed by atoms with van der Waals surface area (Å²) in [4.78, 5) is 4.26. The highest BCUT2D eigenvalue weighted by Crippen LogP contribution is 2.19. The molecule has 0 saturated carbocycles. The lowest BCUT2D eigenvalue weighted by molar-refractivity contribution is 0.572. The SMILES string of the molecule is CCc1ccc(-c2nc(CN)co2)cc1. The molecule has 2 rings (SSSR count). The van der Waals surface area contributed by atoms with Gasteiger partial charge in [-0.15, -0.1) is 0 Å². The molecule has 0 spiro atoms. The fourth-order valence-electron chi connectivity index (χ4n) is 1.42. The van der Waals surface area contributed by atoms with Gasteiger partial charge in [0, 0.05) is 12.1 Å². The van der Waals surface area contributed by atoms with Gasteiger partial charge in [-0.25, -0.2) is 4.98 Å². The molecule has 0 atom stereocenters. The zero-order chi connectivity index (χ0) is 10.7. The lowest BCUT2D eigenvalue weighted by Gasteiger charge is -1.97. The van der Waals surface area contributed by atoms with Gasteiger partial charge in [0.05, 0.1) is 5.69 Å². The Balaban J connectivity index is 2.28. The second-order valence-electron chi connectivity index (χ2n) is 3.40. The maximum atomic E-state index is 5.46. The van der Waals surface area contributed by atoms with Gasteiger partial charge in [-0.1, -0.05) is 19.1 Å². The average molecular weight is 202 g/mol. The van der Waals surface area contributed by atoms with E-state index in [1.807, 2.05) is 12.1 Å². The number of hydrogen-bond acceptors (Lipinski definition) is 3. The molecular weight excluding hydrogens is 188 g/mol. The van der Waals surface area contributed by atoms with Gasteiger partial charge < -0.3 is 10.2 Å². The Hall–Kier alpha value is -1.61. The Morgan fingerprint density at radius 1 is 1.27 bits per heavy atom. The van der Waals surface area contributed by atoms with E-state index in [4.69, 9.17) is 10.2 Å². The number of hydrogen-bond donors (Lipinski definition) is 1. The van der Waals surface area contributed by atoms with Crippen molar-refractivity contribution in [2.75, 3.05) is 0 Å². The average Bonchev–Trinajstić information content (AvgIpc) is 2.78. The molecule has 1 aromatic heterocycles. The Morgan fingerprint density at radius 2 is 2.00 bits per heavy atom. The minimum Gasteiger partial charge on any atom is -0.444 e. The largest absolute Gasteiger partial charge is 0.444 e. The van der Waals surface area contributed by atoms with E-state index in [1.54, 1.807) is 6.26 Å². The molecule has 0 radical (unpaired) electrons. The minimum absolute atomic E-state index is 0.413. The first kappa shape index (κ1) is 9.93. The molecule has 0 saturated heterocycles. The monoisotopic (exact) mass is 202 g/mol.